The van der Waals surface area contributed by atoms with Crippen LogP contribution in [0.25, 0.3) is 0 Å². The summed E-state index contributed by atoms with van der Waals surface area (Å²) in [5, 5.41) is 6.29. The molecule has 0 bridgehead atoms. The first-order valence-electron chi connectivity index (χ1n) is 7.85. The van der Waals surface area contributed by atoms with Gasteiger partial charge in [-0.2, -0.15) is 0 Å². The number of hydrogen-bond donors (Lipinski definition) is 2. The van der Waals surface area contributed by atoms with Gasteiger partial charge in [0.05, 0.1) is 6.54 Å². The normalized spacial score (nSPS) is 19.2. The van der Waals surface area contributed by atoms with Crippen molar-refractivity contribution in [3.8, 4) is 5.75 Å². The monoisotopic (exact) mass is 290 g/mol. The molecule has 1 amide bonds. The third-order valence-corrected chi connectivity index (χ3v) is 3.95. The molecule has 4 nitrogen and oxygen atoms in total. The molecule has 4 heteroatoms. The first-order valence-corrected chi connectivity index (χ1v) is 7.85. The van der Waals surface area contributed by atoms with Crippen molar-refractivity contribution in [1.82, 2.24) is 10.6 Å². The number of ether oxygens (including phenoxy) is 1. The summed E-state index contributed by atoms with van der Waals surface area (Å²) < 4.78 is 5.85. The van der Waals surface area contributed by atoms with Crippen molar-refractivity contribution < 1.29 is 9.53 Å². The summed E-state index contributed by atoms with van der Waals surface area (Å²) >= 11 is 0. The van der Waals surface area contributed by atoms with Crippen LogP contribution in [-0.4, -0.2) is 31.6 Å². The first kappa shape index (κ1) is 15.8. The van der Waals surface area contributed by atoms with Crippen molar-refractivity contribution in [2.45, 2.75) is 39.2 Å². The third-order valence-electron chi connectivity index (χ3n) is 3.95. The highest BCUT2D eigenvalue weighted by Crippen LogP contribution is 2.17. The average molecular weight is 290 g/mol. The maximum absolute atomic E-state index is 11.8. The minimum Gasteiger partial charge on any atom is -0.489 e. The van der Waals surface area contributed by atoms with Crippen LogP contribution in [0, 0.1) is 12.8 Å². The van der Waals surface area contributed by atoms with Crippen LogP contribution in [-0.2, 0) is 4.79 Å². The Hall–Kier alpha value is -1.55. The predicted molar refractivity (Wildman–Crippen MR) is 84.5 cm³/mol. The van der Waals surface area contributed by atoms with E-state index in [-0.39, 0.29) is 12.0 Å². The van der Waals surface area contributed by atoms with Gasteiger partial charge in [-0.05, 0) is 57.3 Å². The number of para-hydroxylation sites is 1. The number of amides is 1. The molecule has 0 spiro atoms. The van der Waals surface area contributed by atoms with Crippen molar-refractivity contribution in [1.29, 1.82) is 0 Å². The minimum atomic E-state index is -0.0248. The SMILES string of the molecule is Cc1ccccc1OC(C)CNC(=O)CCC1CCNC1. The second kappa shape index (κ2) is 8.03. The Morgan fingerprint density at radius 3 is 3.00 bits per heavy atom. The molecular weight excluding hydrogens is 264 g/mol. The molecule has 1 fully saturated rings. The van der Waals surface area contributed by atoms with Crippen molar-refractivity contribution in [3.63, 3.8) is 0 Å². The fraction of sp³-hybridized carbons (Fsp3) is 0.588. The van der Waals surface area contributed by atoms with E-state index >= 15 is 0 Å². The molecule has 0 aliphatic carbocycles. The minimum absolute atomic E-state index is 0.0248. The summed E-state index contributed by atoms with van der Waals surface area (Å²) in [6.07, 6.45) is 2.76. The highest BCUT2D eigenvalue weighted by atomic mass is 16.5. The fourth-order valence-electron chi connectivity index (χ4n) is 2.59. The van der Waals surface area contributed by atoms with Crippen LogP contribution >= 0.6 is 0 Å². The van der Waals surface area contributed by atoms with Gasteiger partial charge in [-0.1, -0.05) is 18.2 Å². The summed E-state index contributed by atoms with van der Waals surface area (Å²) in [6, 6.07) is 7.94. The number of rotatable bonds is 7. The third kappa shape index (κ3) is 5.38. The number of hydrogen-bond acceptors (Lipinski definition) is 3. The average Bonchev–Trinajstić information content (AvgIpc) is 2.99. The molecule has 1 aliphatic rings. The highest BCUT2D eigenvalue weighted by Gasteiger charge is 2.16. The Morgan fingerprint density at radius 1 is 1.48 bits per heavy atom. The van der Waals surface area contributed by atoms with E-state index < -0.39 is 0 Å². The van der Waals surface area contributed by atoms with E-state index in [1.54, 1.807) is 0 Å². The number of carbonyl (C=O) groups is 1. The van der Waals surface area contributed by atoms with Crippen molar-refractivity contribution in [2.24, 2.45) is 5.92 Å². The van der Waals surface area contributed by atoms with Gasteiger partial charge in [0.15, 0.2) is 0 Å². The Balaban J connectivity index is 1.65. The Bertz CT molecular complexity index is 456. The molecule has 1 aromatic carbocycles. The van der Waals surface area contributed by atoms with Gasteiger partial charge < -0.3 is 15.4 Å². The van der Waals surface area contributed by atoms with Gasteiger partial charge in [0.1, 0.15) is 11.9 Å². The Morgan fingerprint density at radius 2 is 2.29 bits per heavy atom. The van der Waals surface area contributed by atoms with Crippen LogP contribution in [0.1, 0.15) is 31.7 Å². The molecule has 1 heterocycles. The molecule has 0 radical (unpaired) electrons. The maximum Gasteiger partial charge on any atom is 0.220 e. The number of aryl methyl sites for hydroxylation is 1. The predicted octanol–water partition coefficient (Wildman–Crippen LogP) is 2.27. The zero-order valence-electron chi connectivity index (χ0n) is 13.0. The number of benzene rings is 1. The van der Waals surface area contributed by atoms with Crippen LogP contribution in [0.3, 0.4) is 0 Å². The number of nitrogens with one attached hydrogen (secondary N) is 2. The lowest BCUT2D eigenvalue weighted by atomic mass is 10.0. The lowest BCUT2D eigenvalue weighted by molar-refractivity contribution is -0.121. The van der Waals surface area contributed by atoms with Gasteiger partial charge in [-0.15, -0.1) is 0 Å². The first-order chi connectivity index (χ1) is 10.1. The molecule has 116 valence electrons. The summed E-state index contributed by atoms with van der Waals surface area (Å²) in [5.74, 6) is 1.68. The van der Waals surface area contributed by atoms with E-state index in [4.69, 9.17) is 4.74 Å². The molecule has 2 atom stereocenters. The highest BCUT2D eigenvalue weighted by molar-refractivity contribution is 5.75. The summed E-state index contributed by atoms with van der Waals surface area (Å²) in [7, 11) is 0. The molecule has 1 aliphatic heterocycles. The Kier molecular flexibility index (Phi) is 6.05. The second-order valence-electron chi connectivity index (χ2n) is 5.90. The summed E-state index contributed by atoms with van der Waals surface area (Å²) in [5.41, 5.74) is 1.12. The molecule has 2 rings (SSSR count). The number of carbonyl (C=O) groups excluding carboxylic acids is 1. The maximum atomic E-state index is 11.8. The zero-order valence-corrected chi connectivity index (χ0v) is 13.0. The van der Waals surface area contributed by atoms with Crippen molar-refractivity contribution >= 4 is 5.91 Å². The van der Waals surface area contributed by atoms with E-state index in [1.807, 2.05) is 38.1 Å². The standard InChI is InChI=1S/C17H26N2O2/c1-13-5-3-4-6-16(13)21-14(2)11-19-17(20)8-7-15-9-10-18-12-15/h3-6,14-15,18H,7-12H2,1-2H3,(H,19,20). The van der Waals surface area contributed by atoms with Gasteiger partial charge in [0, 0.05) is 6.42 Å². The van der Waals surface area contributed by atoms with Gasteiger partial charge in [0.25, 0.3) is 0 Å². The van der Waals surface area contributed by atoms with E-state index in [0.717, 1.165) is 30.8 Å². The second-order valence-corrected chi connectivity index (χ2v) is 5.90. The van der Waals surface area contributed by atoms with Crippen molar-refractivity contribution in [3.05, 3.63) is 29.8 Å². The van der Waals surface area contributed by atoms with Gasteiger partial charge in [0.2, 0.25) is 5.91 Å². The summed E-state index contributed by atoms with van der Waals surface area (Å²) in [4.78, 5) is 11.8. The smallest absolute Gasteiger partial charge is 0.220 e. The largest absolute Gasteiger partial charge is 0.489 e. The van der Waals surface area contributed by atoms with E-state index in [2.05, 4.69) is 10.6 Å². The molecule has 1 saturated heterocycles. The van der Waals surface area contributed by atoms with Crippen LogP contribution in [0.4, 0.5) is 0 Å². The molecule has 21 heavy (non-hydrogen) atoms. The van der Waals surface area contributed by atoms with Crippen LogP contribution in [0.2, 0.25) is 0 Å². The molecular formula is C17H26N2O2. The summed E-state index contributed by atoms with van der Waals surface area (Å²) in [6.45, 7) is 6.70. The fourth-order valence-corrected chi connectivity index (χ4v) is 2.59. The van der Waals surface area contributed by atoms with Crippen molar-refractivity contribution in [2.75, 3.05) is 19.6 Å². The van der Waals surface area contributed by atoms with Crippen LogP contribution < -0.4 is 15.4 Å². The zero-order chi connectivity index (χ0) is 15.1. The molecule has 2 N–H and O–H groups in total. The van der Waals surface area contributed by atoms with Gasteiger partial charge >= 0.3 is 0 Å². The lowest BCUT2D eigenvalue weighted by Crippen LogP contribution is -2.33. The van der Waals surface area contributed by atoms with E-state index in [9.17, 15) is 4.79 Å². The van der Waals surface area contributed by atoms with E-state index in [0.29, 0.717) is 18.9 Å². The Labute approximate surface area is 127 Å². The lowest BCUT2D eigenvalue weighted by Gasteiger charge is -2.17. The molecule has 1 aromatic rings. The molecule has 0 saturated carbocycles. The van der Waals surface area contributed by atoms with Gasteiger partial charge in [-0.25, -0.2) is 0 Å². The molecule has 2 unspecified atom stereocenters. The van der Waals surface area contributed by atoms with Crippen LogP contribution in [0.5, 0.6) is 5.75 Å². The van der Waals surface area contributed by atoms with Crippen LogP contribution in [0.15, 0.2) is 24.3 Å². The quantitative estimate of drug-likeness (QED) is 0.810. The van der Waals surface area contributed by atoms with Gasteiger partial charge in [-0.3, -0.25) is 4.79 Å². The topological polar surface area (TPSA) is 50.4 Å². The van der Waals surface area contributed by atoms with E-state index in [1.165, 1.54) is 6.42 Å². The molecule has 0 aromatic heterocycles.